The van der Waals surface area contributed by atoms with Crippen molar-refractivity contribution in [3.05, 3.63) is 23.3 Å². The number of rotatable bonds is 6. The van der Waals surface area contributed by atoms with Crippen LogP contribution in [0.25, 0.3) is 0 Å². The Kier molecular flexibility index (Phi) is 6.78. The summed E-state index contributed by atoms with van der Waals surface area (Å²) in [6.07, 6.45) is 5.68. The lowest BCUT2D eigenvalue weighted by Crippen LogP contribution is -2.53. The predicted octanol–water partition coefficient (Wildman–Crippen LogP) is 5.66. The predicted molar refractivity (Wildman–Crippen MR) is 134 cm³/mol. The Balaban J connectivity index is 1.59. The molecule has 5 nitrogen and oxygen atoms in total. The average molecular weight is 483 g/mol. The summed E-state index contributed by atoms with van der Waals surface area (Å²) in [4.78, 5) is 51.8. The van der Waals surface area contributed by atoms with E-state index in [4.69, 9.17) is 4.74 Å². The number of carbonyl (C=O) groups excluding carboxylic acids is 4. The highest BCUT2D eigenvalue weighted by Crippen LogP contribution is 2.64. The van der Waals surface area contributed by atoms with Crippen LogP contribution in [0.15, 0.2) is 23.3 Å². The maximum Gasteiger partial charge on any atom is 0.312 e. The van der Waals surface area contributed by atoms with Crippen LogP contribution in [0.1, 0.15) is 86.0 Å². The van der Waals surface area contributed by atoms with Crippen LogP contribution < -0.4 is 0 Å². The average Bonchev–Trinajstić information content (AvgIpc) is 3.16. The first kappa shape index (κ1) is 26.0. The highest BCUT2D eigenvalue weighted by molar-refractivity contribution is 6.11. The summed E-state index contributed by atoms with van der Waals surface area (Å²) in [6.45, 7) is 14.5. The molecule has 0 aromatic carbocycles. The maximum atomic E-state index is 13.8. The van der Waals surface area contributed by atoms with Crippen molar-refractivity contribution in [2.75, 3.05) is 7.11 Å². The molecule has 0 unspecified atom stereocenters. The van der Waals surface area contributed by atoms with Crippen LogP contribution in [0.5, 0.6) is 0 Å². The molecule has 0 aromatic heterocycles. The second kappa shape index (κ2) is 9.12. The highest BCUT2D eigenvalue weighted by Gasteiger charge is 2.61. The SMILES string of the molecule is C=C(CC[C@@H](C)[C@H]1CC[C@H]2C3=C(C(=O)C[C@]12C)[C@@]1(C)CCC(=O)[C@@H](C)[C@@H]1CC3=O)[C@H](C)C(=O)OC. The van der Waals surface area contributed by atoms with Crippen LogP contribution in [0.3, 0.4) is 0 Å². The van der Waals surface area contributed by atoms with Gasteiger partial charge in [-0.1, -0.05) is 39.8 Å². The molecule has 0 saturated heterocycles. The zero-order valence-corrected chi connectivity index (χ0v) is 22.4. The van der Waals surface area contributed by atoms with Crippen molar-refractivity contribution in [2.24, 2.45) is 46.3 Å². The summed E-state index contributed by atoms with van der Waals surface area (Å²) in [6, 6.07) is 0. The van der Waals surface area contributed by atoms with Gasteiger partial charge in [0, 0.05) is 41.7 Å². The van der Waals surface area contributed by atoms with Crippen LogP contribution in [-0.4, -0.2) is 30.4 Å². The molecule has 0 bridgehead atoms. The lowest BCUT2D eigenvalue weighted by Gasteiger charge is -2.53. The zero-order chi connectivity index (χ0) is 25.9. The molecular formula is C30H42O5. The summed E-state index contributed by atoms with van der Waals surface area (Å²) in [5, 5.41) is 0. The molecule has 192 valence electrons. The third-order valence-electron chi connectivity index (χ3n) is 10.7. The first-order valence-corrected chi connectivity index (χ1v) is 13.5. The molecule has 0 spiro atoms. The van der Waals surface area contributed by atoms with E-state index in [0.717, 1.165) is 42.4 Å². The number of carbonyl (C=O) groups is 4. The van der Waals surface area contributed by atoms with Gasteiger partial charge in [-0.05, 0) is 68.1 Å². The van der Waals surface area contributed by atoms with Gasteiger partial charge >= 0.3 is 5.97 Å². The molecule has 4 rings (SSSR count). The van der Waals surface area contributed by atoms with Gasteiger partial charge < -0.3 is 4.74 Å². The minimum absolute atomic E-state index is 0.0535. The fourth-order valence-corrected chi connectivity index (χ4v) is 8.41. The molecule has 2 saturated carbocycles. The molecular weight excluding hydrogens is 440 g/mol. The van der Waals surface area contributed by atoms with E-state index in [1.807, 2.05) is 13.8 Å². The fraction of sp³-hybridized carbons (Fsp3) is 0.733. The van der Waals surface area contributed by atoms with Gasteiger partial charge in [-0.3, -0.25) is 19.2 Å². The topological polar surface area (TPSA) is 77.5 Å². The molecule has 0 aliphatic heterocycles. The quantitative estimate of drug-likeness (QED) is 0.360. The molecule has 0 N–H and O–H groups in total. The largest absolute Gasteiger partial charge is 0.469 e. The number of fused-ring (bicyclic) bond motifs is 4. The smallest absolute Gasteiger partial charge is 0.312 e. The van der Waals surface area contributed by atoms with Crippen LogP contribution in [0.2, 0.25) is 0 Å². The van der Waals surface area contributed by atoms with Crippen molar-refractivity contribution in [1.82, 2.24) is 0 Å². The number of methoxy groups -OCH3 is 1. The first-order chi connectivity index (χ1) is 16.4. The lowest BCUT2D eigenvalue weighted by molar-refractivity contribution is -0.143. The minimum atomic E-state index is -0.361. The summed E-state index contributed by atoms with van der Waals surface area (Å²) in [5.74, 6) is 0.522. The Morgan fingerprint density at radius 1 is 1.14 bits per heavy atom. The second-order valence-electron chi connectivity index (χ2n) is 12.5. The number of allylic oxidation sites excluding steroid dienone is 2. The number of esters is 1. The van der Waals surface area contributed by atoms with Gasteiger partial charge in [0.05, 0.1) is 13.0 Å². The van der Waals surface area contributed by atoms with Gasteiger partial charge in [0.25, 0.3) is 0 Å². The number of ketones is 3. The van der Waals surface area contributed by atoms with Crippen molar-refractivity contribution in [1.29, 1.82) is 0 Å². The van der Waals surface area contributed by atoms with Crippen molar-refractivity contribution >= 4 is 23.3 Å². The van der Waals surface area contributed by atoms with Crippen LogP contribution in [-0.2, 0) is 23.9 Å². The Morgan fingerprint density at radius 3 is 2.49 bits per heavy atom. The van der Waals surface area contributed by atoms with Crippen molar-refractivity contribution in [3.8, 4) is 0 Å². The minimum Gasteiger partial charge on any atom is -0.469 e. The number of ether oxygens (including phenoxy) is 1. The van der Waals surface area contributed by atoms with Gasteiger partial charge in [-0.2, -0.15) is 0 Å². The molecule has 0 heterocycles. The number of Topliss-reactive ketones (excluding diaryl/α,β-unsaturated/α-hetero) is 3. The van der Waals surface area contributed by atoms with E-state index in [9.17, 15) is 19.2 Å². The second-order valence-corrected chi connectivity index (χ2v) is 12.5. The van der Waals surface area contributed by atoms with Gasteiger partial charge in [0.15, 0.2) is 11.6 Å². The van der Waals surface area contributed by atoms with E-state index >= 15 is 0 Å². The number of hydrogen-bond donors (Lipinski definition) is 0. The van der Waals surface area contributed by atoms with E-state index in [1.165, 1.54) is 7.11 Å². The highest BCUT2D eigenvalue weighted by atomic mass is 16.5. The number of hydrogen-bond acceptors (Lipinski definition) is 5. The molecule has 2 fully saturated rings. The maximum absolute atomic E-state index is 13.8. The standard InChI is InChI=1S/C30H42O5/c1-16(18(3)28(34)35-7)8-9-17(2)20-10-11-21-26-24(32)14-22-19(4)23(31)12-13-29(22,5)27(26)25(33)15-30(20,21)6/h17-22H,1,8-15H2,2-7H3/t17-,18+,19+,20-,21+,22+,29+,30-/m1/s1. The molecule has 8 atom stereocenters. The van der Waals surface area contributed by atoms with Crippen molar-refractivity contribution in [2.45, 2.75) is 86.0 Å². The van der Waals surface area contributed by atoms with E-state index in [2.05, 4.69) is 27.4 Å². The zero-order valence-electron chi connectivity index (χ0n) is 22.4. The van der Waals surface area contributed by atoms with Gasteiger partial charge in [0.2, 0.25) is 0 Å². The van der Waals surface area contributed by atoms with Crippen LogP contribution >= 0.6 is 0 Å². The molecule has 0 amide bonds. The summed E-state index contributed by atoms with van der Waals surface area (Å²) in [5.41, 5.74) is 1.91. The van der Waals surface area contributed by atoms with Crippen molar-refractivity contribution < 1.29 is 23.9 Å². The van der Waals surface area contributed by atoms with E-state index in [-0.39, 0.29) is 57.8 Å². The third kappa shape index (κ3) is 3.97. The monoisotopic (exact) mass is 482 g/mol. The molecule has 4 aliphatic rings. The van der Waals surface area contributed by atoms with E-state index in [1.54, 1.807) is 0 Å². The lowest BCUT2D eigenvalue weighted by atomic mass is 9.48. The Labute approximate surface area is 210 Å². The van der Waals surface area contributed by atoms with Gasteiger partial charge in [-0.25, -0.2) is 0 Å². The van der Waals surface area contributed by atoms with Crippen LogP contribution in [0.4, 0.5) is 0 Å². The molecule has 0 aromatic rings. The first-order valence-electron chi connectivity index (χ1n) is 13.5. The van der Waals surface area contributed by atoms with E-state index in [0.29, 0.717) is 37.5 Å². The van der Waals surface area contributed by atoms with Crippen LogP contribution in [0, 0.1) is 46.3 Å². The summed E-state index contributed by atoms with van der Waals surface area (Å²) < 4.78 is 4.86. The normalized spacial score (nSPS) is 38.4. The molecule has 4 aliphatic carbocycles. The molecule has 0 radical (unpaired) electrons. The molecule has 35 heavy (non-hydrogen) atoms. The van der Waals surface area contributed by atoms with Gasteiger partial charge in [-0.15, -0.1) is 0 Å². The van der Waals surface area contributed by atoms with E-state index < -0.39 is 0 Å². The molecule has 5 heteroatoms. The van der Waals surface area contributed by atoms with Crippen molar-refractivity contribution in [3.63, 3.8) is 0 Å². The Bertz CT molecular complexity index is 1000. The Hall–Kier alpha value is -2.04. The van der Waals surface area contributed by atoms with Gasteiger partial charge in [0.1, 0.15) is 5.78 Å². The fourth-order valence-electron chi connectivity index (χ4n) is 8.41. The third-order valence-corrected chi connectivity index (χ3v) is 10.7. The Morgan fingerprint density at radius 2 is 1.83 bits per heavy atom. The summed E-state index contributed by atoms with van der Waals surface area (Å²) in [7, 11) is 1.40. The summed E-state index contributed by atoms with van der Waals surface area (Å²) >= 11 is 0.